The van der Waals surface area contributed by atoms with Crippen molar-refractivity contribution in [3.8, 4) is 0 Å². The summed E-state index contributed by atoms with van der Waals surface area (Å²) in [5.74, 6) is -2.27. The molecule has 19 heavy (non-hydrogen) atoms. The van der Waals surface area contributed by atoms with Crippen LogP contribution in [0.15, 0.2) is 18.2 Å². The average Bonchev–Trinajstić information content (AvgIpc) is 2.35. The lowest BCUT2D eigenvalue weighted by molar-refractivity contribution is -0.140. The third-order valence-electron chi connectivity index (χ3n) is 3.11. The quantitative estimate of drug-likeness (QED) is 0.771. The van der Waals surface area contributed by atoms with Crippen LogP contribution in [0, 0.1) is 5.82 Å². The smallest absolute Gasteiger partial charge is 0.339 e. The Labute approximate surface area is 109 Å². The van der Waals surface area contributed by atoms with Gasteiger partial charge in [0.05, 0.1) is 11.1 Å². The predicted molar refractivity (Wildman–Crippen MR) is 63.2 cm³/mol. The third-order valence-corrected chi connectivity index (χ3v) is 3.11. The Morgan fingerprint density at radius 1 is 1.37 bits per heavy atom. The maximum Gasteiger partial charge on any atom is 0.419 e. The van der Waals surface area contributed by atoms with Crippen LogP contribution < -0.4 is 0 Å². The molecule has 1 aromatic rings. The number of halogens is 4. The van der Waals surface area contributed by atoms with Crippen LogP contribution >= 0.6 is 0 Å². The standard InChI is InChI=1S/C13H15F4NO/c1-4-8(2)18(3)12(19)9-6-5-7-10(11(9)14)13(15,16)17/h5-8H,4H2,1-3H3. The van der Waals surface area contributed by atoms with E-state index in [0.29, 0.717) is 12.5 Å². The highest BCUT2D eigenvalue weighted by molar-refractivity contribution is 5.94. The number of amides is 1. The van der Waals surface area contributed by atoms with E-state index in [4.69, 9.17) is 0 Å². The van der Waals surface area contributed by atoms with Crippen molar-refractivity contribution in [3.05, 3.63) is 35.1 Å². The first kappa shape index (κ1) is 15.5. The molecular formula is C13H15F4NO. The summed E-state index contributed by atoms with van der Waals surface area (Å²) in [5.41, 5.74) is -1.98. The number of carbonyl (C=O) groups excluding carboxylic acids is 1. The summed E-state index contributed by atoms with van der Waals surface area (Å²) in [7, 11) is 1.44. The molecule has 1 rings (SSSR count). The highest BCUT2D eigenvalue weighted by Gasteiger charge is 2.36. The van der Waals surface area contributed by atoms with Crippen LogP contribution in [0.4, 0.5) is 17.6 Å². The Balaban J connectivity index is 3.19. The van der Waals surface area contributed by atoms with E-state index < -0.39 is 29.0 Å². The van der Waals surface area contributed by atoms with Gasteiger partial charge in [-0.2, -0.15) is 13.2 Å². The minimum Gasteiger partial charge on any atom is -0.339 e. The van der Waals surface area contributed by atoms with Crippen molar-refractivity contribution in [2.75, 3.05) is 7.05 Å². The molecule has 0 spiro atoms. The van der Waals surface area contributed by atoms with E-state index >= 15 is 0 Å². The monoisotopic (exact) mass is 277 g/mol. The molecule has 0 bridgehead atoms. The molecule has 0 aliphatic heterocycles. The van der Waals surface area contributed by atoms with Gasteiger partial charge in [-0.05, 0) is 25.5 Å². The van der Waals surface area contributed by atoms with Gasteiger partial charge in [0.15, 0.2) is 0 Å². The Hall–Kier alpha value is -1.59. The van der Waals surface area contributed by atoms with Crippen molar-refractivity contribution in [2.45, 2.75) is 32.5 Å². The zero-order chi connectivity index (χ0) is 14.8. The van der Waals surface area contributed by atoms with Crippen molar-refractivity contribution < 1.29 is 22.4 Å². The van der Waals surface area contributed by atoms with Crippen LogP contribution in [-0.2, 0) is 6.18 Å². The second-order valence-corrected chi connectivity index (χ2v) is 4.34. The summed E-state index contributed by atoms with van der Waals surface area (Å²) < 4.78 is 51.4. The van der Waals surface area contributed by atoms with Gasteiger partial charge in [-0.3, -0.25) is 4.79 Å². The number of carbonyl (C=O) groups is 1. The number of nitrogens with zero attached hydrogens (tertiary/aromatic N) is 1. The fraction of sp³-hybridized carbons (Fsp3) is 0.462. The summed E-state index contributed by atoms with van der Waals surface area (Å²) in [6.07, 6.45) is -4.18. The summed E-state index contributed by atoms with van der Waals surface area (Å²) in [6, 6.07) is 2.53. The molecular weight excluding hydrogens is 262 g/mol. The summed E-state index contributed by atoms with van der Waals surface area (Å²) in [5, 5.41) is 0. The van der Waals surface area contributed by atoms with Crippen molar-refractivity contribution in [2.24, 2.45) is 0 Å². The molecule has 1 unspecified atom stereocenters. The molecule has 0 saturated heterocycles. The SMILES string of the molecule is CCC(C)N(C)C(=O)c1cccc(C(F)(F)F)c1F. The molecule has 1 amide bonds. The molecule has 0 aromatic heterocycles. The van der Waals surface area contributed by atoms with Crippen LogP contribution in [-0.4, -0.2) is 23.9 Å². The molecule has 0 saturated carbocycles. The molecule has 0 radical (unpaired) electrons. The van der Waals surface area contributed by atoms with Crippen molar-refractivity contribution >= 4 is 5.91 Å². The highest BCUT2D eigenvalue weighted by atomic mass is 19.4. The first-order valence-electron chi connectivity index (χ1n) is 5.83. The number of benzene rings is 1. The van der Waals surface area contributed by atoms with Gasteiger partial charge in [-0.1, -0.05) is 13.0 Å². The van der Waals surface area contributed by atoms with Crippen LogP contribution in [0.25, 0.3) is 0 Å². The Morgan fingerprint density at radius 3 is 2.42 bits per heavy atom. The molecule has 2 nitrogen and oxygen atoms in total. The highest BCUT2D eigenvalue weighted by Crippen LogP contribution is 2.32. The molecule has 0 aliphatic rings. The Bertz CT molecular complexity index is 470. The van der Waals surface area contributed by atoms with Gasteiger partial charge in [-0.15, -0.1) is 0 Å². The fourth-order valence-electron chi connectivity index (χ4n) is 1.58. The lowest BCUT2D eigenvalue weighted by Crippen LogP contribution is -2.35. The number of hydrogen-bond acceptors (Lipinski definition) is 1. The molecule has 0 fully saturated rings. The molecule has 0 aliphatic carbocycles. The zero-order valence-electron chi connectivity index (χ0n) is 10.9. The van der Waals surface area contributed by atoms with Crippen LogP contribution in [0.3, 0.4) is 0 Å². The molecule has 0 heterocycles. The number of alkyl halides is 3. The second kappa shape index (κ2) is 5.59. The van der Waals surface area contributed by atoms with E-state index in [9.17, 15) is 22.4 Å². The van der Waals surface area contributed by atoms with E-state index in [0.717, 1.165) is 12.1 Å². The van der Waals surface area contributed by atoms with Gasteiger partial charge in [0.1, 0.15) is 5.82 Å². The molecule has 106 valence electrons. The van der Waals surface area contributed by atoms with Crippen LogP contribution in [0.5, 0.6) is 0 Å². The van der Waals surface area contributed by atoms with Gasteiger partial charge in [0, 0.05) is 13.1 Å². The van der Waals surface area contributed by atoms with Gasteiger partial charge in [-0.25, -0.2) is 4.39 Å². The average molecular weight is 277 g/mol. The van der Waals surface area contributed by atoms with Gasteiger partial charge in [0.2, 0.25) is 0 Å². The van der Waals surface area contributed by atoms with E-state index in [1.807, 2.05) is 6.92 Å². The van der Waals surface area contributed by atoms with Crippen molar-refractivity contribution in [1.29, 1.82) is 0 Å². The lowest BCUT2D eigenvalue weighted by Gasteiger charge is -2.24. The van der Waals surface area contributed by atoms with Gasteiger partial charge >= 0.3 is 6.18 Å². The van der Waals surface area contributed by atoms with E-state index in [2.05, 4.69) is 0 Å². The molecule has 6 heteroatoms. The van der Waals surface area contributed by atoms with Crippen molar-refractivity contribution in [1.82, 2.24) is 4.90 Å². The summed E-state index contributed by atoms with van der Waals surface area (Å²) >= 11 is 0. The maximum absolute atomic E-state index is 13.8. The zero-order valence-corrected chi connectivity index (χ0v) is 10.9. The normalized spacial score (nSPS) is 13.2. The summed E-state index contributed by atoms with van der Waals surface area (Å²) in [6.45, 7) is 3.57. The first-order chi connectivity index (χ1) is 8.70. The van der Waals surface area contributed by atoms with E-state index in [-0.39, 0.29) is 6.04 Å². The largest absolute Gasteiger partial charge is 0.419 e. The topological polar surface area (TPSA) is 20.3 Å². The number of rotatable bonds is 3. The second-order valence-electron chi connectivity index (χ2n) is 4.34. The lowest BCUT2D eigenvalue weighted by atomic mass is 10.1. The fourth-order valence-corrected chi connectivity index (χ4v) is 1.58. The maximum atomic E-state index is 13.8. The van der Waals surface area contributed by atoms with Crippen molar-refractivity contribution in [3.63, 3.8) is 0 Å². The Kier molecular flexibility index (Phi) is 4.55. The van der Waals surface area contributed by atoms with E-state index in [1.54, 1.807) is 6.92 Å². The molecule has 0 N–H and O–H groups in total. The van der Waals surface area contributed by atoms with Crippen LogP contribution in [0.1, 0.15) is 36.2 Å². The van der Waals surface area contributed by atoms with Crippen LogP contribution in [0.2, 0.25) is 0 Å². The van der Waals surface area contributed by atoms with Gasteiger partial charge in [0.25, 0.3) is 5.91 Å². The first-order valence-corrected chi connectivity index (χ1v) is 5.83. The Morgan fingerprint density at radius 2 is 1.95 bits per heavy atom. The van der Waals surface area contributed by atoms with E-state index in [1.165, 1.54) is 11.9 Å². The summed E-state index contributed by atoms with van der Waals surface area (Å²) in [4.78, 5) is 13.2. The minimum absolute atomic E-state index is 0.179. The molecule has 1 aromatic carbocycles. The predicted octanol–water partition coefficient (Wildman–Crippen LogP) is 3.72. The number of hydrogen-bond donors (Lipinski definition) is 0. The van der Waals surface area contributed by atoms with Gasteiger partial charge < -0.3 is 4.90 Å². The third kappa shape index (κ3) is 3.24. The molecule has 1 atom stereocenters. The minimum atomic E-state index is -4.81.